The Morgan fingerprint density at radius 1 is 0.684 bits per heavy atom. The van der Waals surface area contributed by atoms with Gasteiger partial charge in [-0.15, -0.1) is 0 Å². The Hall–Kier alpha value is 0. The van der Waals surface area contributed by atoms with E-state index in [4.69, 9.17) is 0 Å². The Morgan fingerprint density at radius 3 is 2.26 bits per heavy atom. The van der Waals surface area contributed by atoms with E-state index in [1.165, 1.54) is 51.4 Å². The lowest BCUT2D eigenvalue weighted by Crippen LogP contribution is -2.40. The van der Waals surface area contributed by atoms with Crippen molar-refractivity contribution in [2.24, 2.45) is 29.1 Å². The average Bonchev–Trinajstić information content (AvgIpc) is 2.79. The minimum atomic E-state index is 0.741. The van der Waals surface area contributed by atoms with Gasteiger partial charge in [0.15, 0.2) is 0 Å². The van der Waals surface area contributed by atoms with Gasteiger partial charge in [0.2, 0.25) is 0 Å². The molecule has 0 spiro atoms. The summed E-state index contributed by atoms with van der Waals surface area (Å²) in [5, 5.41) is 0. The number of fused-ring (bicyclic) bond motifs is 3. The van der Waals surface area contributed by atoms with Crippen LogP contribution < -0.4 is 0 Å². The van der Waals surface area contributed by atoms with Crippen molar-refractivity contribution in [1.29, 1.82) is 0 Å². The van der Waals surface area contributed by atoms with Crippen molar-refractivity contribution in [3.8, 4) is 0 Å². The highest BCUT2D eigenvalue weighted by Gasteiger charge is 2.49. The Morgan fingerprint density at radius 2 is 1.42 bits per heavy atom. The van der Waals surface area contributed by atoms with E-state index in [9.17, 15) is 0 Å². The average molecular weight is 262 g/mol. The van der Waals surface area contributed by atoms with Crippen LogP contribution in [-0.2, 0) is 0 Å². The van der Waals surface area contributed by atoms with Gasteiger partial charge in [0, 0.05) is 0 Å². The monoisotopic (exact) mass is 262 g/mol. The summed E-state index contributed by atoms with van der Waals surface area (Å²) < 4.78 is 0. The summed E-state index contributed by atoms with van der Waals surface area (Å²) in [6.07, 6.45) is 18.4. The molecule has 3 aliphatic rings. The van der Waals surface area contributed by atoms with Gasteiger partial charge in [-0.3, -0.25) is 0 Å². The fraction of sp³-hybridized carbons (Fsp3) is 1.00. The molecule has 0 heteroatoms. The van der Waals surface area contributed by atoms with E-state index in [0.29, 0.717) is 0 Å². The van der Waals surface area contributed by atoms with Gasteiger partial charge in [0.05, 0.1) is 0 Å². The Bertz CT molecular complexity index is 294. The minimum absolute atomic E-state index is 0.741. The van der Waals surface area contributed by atoms with Crippen LogP contribution in [0.15, 0.2) is 0 Å². The van der Waals surface area contributed by atoms with Crippen molar-refractivity contribution in [2.75, 3.05) is 0 Å². The van der Waals surface area contributed by atoms with Gasteiger partial charge in [0.25, 0.3) is 0 Å². The Labute approximate surface area is 120 Å². The van der Waals surface area contributed by atoms with Gasteiger partial charge in [-0.25, -0.2) is 0 Å². The van der Waals surface area contributed by atoms with Crippen LogP contribution in [0.3, 0.4) is 0 Å². The molecule has 3 rings (SSSR count). The van der Waals surface area contributed by atoms with Crippen LogP contribution in [0, 0.1) is 29.1 Å². The molecular formula is C19H34. The number of hydrogen-bond acceptors (Lipinski definition) is 0. The van der Waals surface area contributed by atoms with Crippen LogP contribution in [0.5, 0.6) is 0 Å². The molecule has 0 saturated heterocycles. The summed E-state index contributed by atoms with van der Waals surface area (Å²) in [6, 6.07) is 0. The van der Waals surface area contributed by atoms with Gasteiger partial charge in [-0.1, -0.05) is 58.8 Å². The fourth-order valence-electron chi connectivity index (χ4n) is 6.02. The molecule has 0 aliphatic heterocycles. The van der Waals surface area contributed by atoms with E-state index in [2.05, 4.69) is 13.8 Å². The molecule has 0 aromatic rings. The molecule has 0 aromatic heterocycles. The van der Waals surface area contributed by atoms with Crippen molar-refractivity contribution < 1.29 is 0 Å². The highest BCUT2D eigenvalue weighted by molar-refractivity contribution is 4.99. The summed E-state index contributed by atoms with van der Waals surface area (Å²) in [4.78, 5) is 0. The van der Waals surface area contributed by atoms with Gasteiger partial charge >= 0.3 is 0 Å². The molecule has 0 nitrogen and oxygen atoms in total. The lowest BCUT2D eigenvalue weighted by atomic mass is 9.56. The van der Waals surface area contributed by atoms with E-state index < -0.39 is 0 Å². The molecule has 5 atom stereocenters. The zero-order valence-electron chi connectivity index (χ0n) is 13.3. The molecule has 0 radical (unpaired) electrons. The largest absolute Gasteiger partial charge is 0.0622 e. The molecule has 3 saturated carbocycles. The van der Waals surface area contributed by atoms with Crippen LogP contribution in [0.25, 0.3) is 0 Å². The molecule has 0 bridgehead atoms. The zero-order chi connectivity index (χ0) is 13.3. The summed E-state index contributed by atoms with van der Waals surface area (Å²) in [5.74, 6) is 4.27. The topological polar surface area (TPSA) is 0 Å². The third-order valence-electron chi connectivity index (χ3n) is 7.20. The van der Waals surface area contributed by atoms with Crippen molar-refractivity contribution in [3.63, 3.8) is 0 Å². The lowest BCUT2D eigenvalue weighted by molar-refractivity contribution is 0.00715. The first kappa shape index (κ1) is 14.0. The second kappa shape index (κ2) is 5.78. The Kier molecular flexibility index (Phi) is 4.25. The first-order valence-electron chi connectivity index (χ1n) is 9.21. The van der Waals surface area contributed by atoms with E-state index in [1.54, 1.807) is 25.7 Å². The van der Waals surface area contributed by atoms with E-state index >= 15 is 0 Å². The van der Waals surface area contributed by atoms with E-state index in [0.717, 1.165) is 29.1 Å². The quantitative estimate of drug-likeness (QED) is 0.487. The van der Waals surface area contributed by atoms with Gasteiger partial charge in [-0.05, 0) is 61.2 Å². The number of hydrogen-bond donors (Lipinski definition) is 0. The summed E-state index contributed by atoms with van der Waals surface area (Å²) in [7, 11) is 0. The first-order valence-corrected chi connectivity index (χ1v) is 9.21. The predicted molar refractivity (Wildman–Crippen MR) is 83.1 cm³/mol. The second-order valence-corrected chi connectivity index (χ2v) is 8.34. The van der Waals surface area contributed by atoms with Crippen LogP contribution >= 0.6 is 0 Å². The van der Waals surface area contributed by atoms with E-state index in [-0.39, 0.29) is 0 Å². The zero-order valence-corrected chi connectivity index (χ0v) is 13.3. The highest BCUT2D eigenvalue weighted by Crippen LogP contribution is 2.58. The van der Waals surface area contributed by atoms with Crippen molar-refractivity contribution in [2.45, 2.75) is 90.9 Å². The summed E-state index contributed by atoms with van der Waals surface area (Å²) in [5.41, 5.74) is 0.741. The third kappa shape index (κ3) is 2.74. The minimum Gasteiger partial charge on any atom is -0.0622 e. The third-order valence-corrected chi connectivity index (χ3v) is 7.20. The molecule has 110 valence electrons. The van der Waals surface area contributed by atoms with Gasteiger partial charge in [0.1, 0.15) is 0 Å². The number of rotatable bonds is 0. The molecule has 0 aromatic carbocycles. The molecular weight excluding hydrogens is 228 g/mol. The van der Waals surface area contributed by atoms with Crippen LogP contribution in [0.1, 0.15) is 90.9 Å². The predicted octanol–water partition coefficient (Wildman–Crippen LogP) is 6.20. The van der Waals surface area contributed by atoms with Crippen molar-refractivity contribution in [3.05, 3.63) is 0 Å². The molecule has 0 N–H and O–H groups in total. The summed E-state index contributed by atoms with van der Waals surface area (Å²) in [6.45, 7) is 5.21. The van der Waals surface area contributed by atoms with Crippen LogP contribution in [-0.4, -0.2) is 0 Å². The van der Waals surface area contributed by atoms with Crippen LogP contribution in [0.2, 0.25) is 0 Å². The van der Waals surface area contributed by atoms with Crippen molar-refractivity contribution >= 4 is 0 Å². The van der Waals surface area contributed by atoms with Crippen molar-refractivity contribution in [1.82, 2.24) is 0 Å². The SMILES string of the molecule is C[C@H]1CCCCCCC[C@@H]2[C@@H]1CC[C@]1(C)CCC[C@@H]21. The van der Waals surface area contributed by atoms with Gasteiger partial charge in [-0.2, -0.15) is 0 Å². The maximum atomic E-state index is 2.63. The molecule has 0 amide bonds. The molecule has 0 heterocycles. The smallest absolute Gasteiger partial charge is 0.0295 e. The second-order valence-electron chi connectivity index (χ2n) is 8.34. The van der Waals surface area contributed by atoms with Gasteiger partial charge < -0.3 is 0 Å². The molecule has 19 heavy (non-hydrogen) atoms. The molecule has 0 unspecified atom stereocenters. The molecule has 3 aliphatic carbocycles. The van der Waals surface area contributed by atoms with E-state index in [1.807, 2.05) is 0 Å². The first-order chi connectivity index (χ1) is 9.21. The highest BCUT2D eigenvalue weighted by atomic mass is 14.5. The fourth-order valence-corrected chi connectivity index (χ4v) is 6.02. The maximum absolute atomic E-state index is 2.63. The maximum Gasteiger partial charge on any atom is -0.0295 e. The normalized spacial score (nSPS) is 48.3. The molecule has 3 fully saturated rings. The standard InChI is InChI=1S/C19H34/c1-15-9-6-4-3-5-7-10-17-16(15)12-14-19(2)13-8-11-18(17)19/h15-18H,3-14H2,1-2H3/t15-,16+,17+,18-,19-/m0/s1. The lowest BCUT2D eigenvalue weighted by Gasteiger charge is -2.49. The summed E-state index contributed by atoms with van der Waals surface area (Å²) >= 11 is 0. The van der Waals surface area contributed by atoms with Crippen LogP contribution in [0.4, 0.5) is 0 Å². The Balaban J connectivity index is 1.77.